The SMILES string of the molecule is CC(C)(CNC(=O)/C=C/c1cccnc1)N1CCOCC1. The lowest BCUT2D eigenvalue weighted by molar-refractivity contribution is -0.117. The summed E-state index contributed by atoms with van der Waals surface area (Å²) in [5.41, 5.74) is 0.849. The van der Waals surface area contributed by atoms with Gasteiger partial charge in [0.2, 0.25) is 5.91 Å². The van der Waals surface area contributed by atoms with Crippen molar-refractivity contribution in [2.45, 2.75) is 19.4 Å². The summed E-state index contributed by atoms with van der Waals surface area (Å²) in [5, 5.41) is 2.96. The second kappa shape index (κ2) is 7.33. The van der Waals surface area contributed by atoms with Crippen LogP contribution in [0.4, 0.5) is 0 Å². The van der Waals surface area contributed by atoms with Gasteiger partial charge in [-0.2, -0.15) is 0 Å². The van der Waals surface area contributed by atoms with Crippen LogP contribution in [0.3, 0.4) is 0 Å². The van der Waals surface area contributed by atoms with E-state index in [-0.39, 0.29) is 11.4 Å². The van der Waals surface area contributed by atoms with Crippen molar-refractivity contribution in [3.05, 3.63) is 36.2 Å². The van der Waals surface area contributed by atoms with E-state index in [4.69, 9.17) is 4.74 Å². The Morgan fingerprint density at radius 1 is 1.48 bits per heavy atom. The Balaban J connectivity index is 1.81. The van der Waals surface area contributed by atoms with E-state index in [0.29, 0.717) is 6.54 Å². The highest BCUT2D eigenvalue weighted by molar-refractivity contribution is 5.91. The maximum Gasteiger partial charge on any atom is 0.244 e. The smallest absolute Gasteiger partial charge is 0.244 e. The normalized spacial score (nSPS) is 17.0. The molecule has 0 atom stereocenters. The summed E-state index contributed by atoms with van der Waals surface area (Å²) in [4.78, 5) is 18.2. The Morgan fingerprint density at radius 3 is 2.90 bits per heavy atom. The molecule has 0 spiro atoms. The lowest BCUT2D eigenvalue weighted by atomic mass is 10.0. The van der Waals surface area contributed by atoms with E-state index >= 15 is 0 Å². The first-order valence-electron chi connectivity index (χ1n) is 7.27. The van der Waals surface area contributed by atoms with Crippen molar-refractivity contribution in [1.82, 2.24) is 15.2 Å². The van der Waals surface area contributed by atoms with Crippen molar-refractivity contribution >= 4 is 12.0 Å². The number of amides is 1. The topological polar surface area (TPSA) is 54.5 Å². The number of nitrogens with one attached hydrogen (secondary N) is 1. The molecule has 21 heavy (non-hydrogen) atoms. The van der Waals surface area contributed by atoms with Crippen molar-refractivity contribution in [2.24, 2.45) is 0 Å². The second-order valence-corrected chi connectivity index (χ2v) is 5.75. The number of hydrogen-bond acceptors (Lipinski definition) is 4. The van der Waals surface area contributed by atoms with Gasteiger partial charge in [0.15, 0.2) is 0 Å². The first-order valence-corrected chi connectivity index (χ1v) is 7.27. The molecule has 0 bridgehead atoms. The zero-order valence-electron chi connectivity index (χ0n) is 12.7. The molecule has 114 valence electrons. The molecule has 1 saturated heterocycles. The van der Waals surface area contributed by atoms with Crippen molar-refractivity contribution < 1.29 is 9.53 Å². The van der Waals surface area contributed by atoms with Crippen molar-refractivity contribution in [3.8, 4) is 0 Å². The van der Waals surface area contributed by atoms with Crippen molar-refractivity contribution in [3.63, 3.8) is 0 Å². The van der Waals surface area contributed by atoms with E-state index in [9.17, 15) is 4.79 Å². The summed E-state index contributed by atoms with van der Waals surface area (Å²) in [7, 11) is 0. The molecule has 5 heteroatoms. The molecule has 2 rings (SSSR count). The quantitative estimate of drug-likeness (QED) is 0.831. The lowest BCUT2D eigenvalue weighted by Crippen LogP contribution is -2.55. The van der Waals surface area contributed by atoms with E-state index in [1.165, 1.54) is 0 Å². The highest BCUT2D eigenvalue weighted by Gasteiger charge is 2.28. The number of carbonyl (C=O) groups excluding carboxylic acids is 1. The van der Waals surface area contributed by atoms with Gasteiger partial charge < -0.3 is 10.1 Å². The van der Waals surface area contributed by atoms with Crippen molar-refractivity contribution in [2.75, 3.05) is 32.8 Å². The van der Waals surface area contributed by atoms with Crippen LogP contribution in [0.5, 0.6) is 0 Å². The Labute approximate surface area is 126 Å². The van der Waals surface area contributed by atoms with Gasteiger partial charge in [-0.15, -0.1) is 0 Å². The number of aromatic nitrogens is 1. The fraction of sp³-hybridized carbons (Fsp3) is 0.500. The Morgan fingerprint density at radius 2 is 2.24 bits per heavy atom. The monoisotopic (exact) mass is 289 g/mol. The van der Waals surface area contributed by atoms with Gasteiger partial charge in [0.1, 0.15) is 0 Å². The molecule has 0 radical (unpaired) electrons. The average Bonchev–Trinajstić information content (AvgIpc) is 2.53. The molecule has 1 amide bonds. The molecule has 0 unspecified atom stereocenters. The number of pyridine rings is 1. The molecule has 1 aromatic rings. The molecule has 2 heterocycles. The Kier molecular flexibility index (Phi) is 5.47. The van der Waals surface area contributed by atoms with Gasteiger partial charge in [0.25, 0.3) is 0 Å². The minimum atomic E-state index is -0.0832. The average molecular weight is 289 g/mol. The first-order chi connectivity index (χ1) is 10.1. The van der Waals surface area contributed by atoms with E-state index in [1.54, 1.807) is 24.5 Å². The Bertz CT molecular complexity index is 480. The maximum atomic E-state index is 11.9. The van der Waals surface area contributed by atoms with Crippen molar-refractivity contribution in [1.29, 1.82) is 0 Å². The number of nitrogens with zero attached hydrogens (tertiary/aromatic N) is 2. The first kappa shape index (κ1) is 15.7. The maximum absolute atomic E-state index is 11.9. The van der Waals surface area contributed by atoms with Gasteiger partial charge >= 0.3 is 0 Å². The standard InChI is InChI=1S/C16H23N3O2/c1-16(2,19-8-10-21-11-9-19)13-18-15(20)6-5-14-4-3-7-17-12-14/h3-7,12H,8-11,13H2,1-2H3,(H,18,20)/b6-5+. The predicted molar refractivity (Wildman–Crippen MR) is 82.8 cm³/mol. The van der Waals surface area contributed by atoms with Crippen LogP contribution in [0, 0.1) is 0 Å². The van der Waals surface area contributed by atoms with Crippen LogP contribution < -0.4 is 5.32 Å². The number of ether oxygens (including phenoxy) is 1. The van der Waals surface area contributed by atoms with Gasteiger partial charge in [-0.25, -0.2) is 0 Å². The molecular formula is C16H23N3O2. The predicted octanol–water partition coefficient (Wildman–Crippen LogP) is 1.32. The highest BCUT2D eigenvalue weighted by Crippen LogP contribution is 2.15. The second-order valence-electron chi connectivity index (χ2n) is 5.75. The molecule has 1 fully saturated rings. The third kappa shape index (κ3) is 4.95. The molecule has 0 aromatic carbocycles. The van der Waals surface area contributed by atoms with E-state index in [1.807, 2.05) is 12.1 Å². The van der Waals surface area contributed by atoms with Crippen LogP contribution >= 0.6 is 0 Å². The van der Waals surface area contributed by atoms with Crippen LogP contribution in [-0.2, 0) is 9.53 Å². The summed E-state index contributed by atoms with van der Waals surface area (Å²) in [6.45, 7) is 8.25. The fourth-order valence-electron chi connectivity index (χ4n) is 2.29. The summed E-state index contributed by atoms with van der Waals surface area (Å²) in [6, 6.07) is 3.76. The van der Waals surface area contributed by atoms with Gasteiger partial charge in [-0.05, 0) is 31.6 Å². The van der Waals surface area contributed by atoms with Gasteiger partial charge in [0, 0.05) is 43.6 Å². The Hall–Kier alpha value is -1.72. The minimum Gasteiger partial charge on any atom is -0.379 e. The molecule has 1 N–H and O–H groups in total. The van der Waals surface area contributed by atoms with E-state index < -0.39 is 0 Å². The molecular weight excluding hydrogens is 266 g/mol. The van der Waals surface area contributed by atoms with Gasteiger partial charge in [-0.1, -0.05) is 6.07 Å². The van der Waals surface area contributed by atoms with E-state index in [0.717, 1.165) is 31.9 Å². The summed E-state index contributed by atoms with van der Waals surface area (Å²) in [5.74, 6) is -0.0832. The molecule has 1 aliphatic rings. The number of morpholine rings is 1. The third-order valence-corrected chi connectivity index (χ3v) is 3.67. The molecule has 0 saturated carbocycles. The lowest BCUT2D eigenvalue weighted by Gasteiger charge is -2.40. The highest BCUT2D eigenvalue weighted by atomic mass is 16.5. The molecule has 1 aliphatic heterocycles. The summed E-state index contributed by atoms with van der Waals surface area (Å²) < 4.78 is 5.36. The number of hydrogen-bond donors (Lipinski definition) is 1. The van der Waals surface area contributed by atoms with E-state index in [2.05, 4.69) is 29.0 Å². The van der Waals surface area contributed by atoms with Crippen LogP contribution in [0.15, 0.2) is 30.6 Å². The van der Waals surface area contributed by atoms with Gasteiger partial charge in [-0.3, -0.25) is 14.7 Å². The number of carbonyl (C=O) groups is 1. The minimum absolute atomic E-state index is 0.0679. The summed E-state index contributed by atoms with van der Waals surface area (Å²) in [6.07, 6.45) is 6.75. The number of rotatable bonds is 5. The van der Waals surface area contributed by atoms with Crippen LogP contribution in [0.25, 0.3) is 6.08 Å². The zero-order chi connectivity index (χ0) is 15.1. The van der Waals surface area contributed by atoms with Gasteiger partial charge in [0.05, 0.1) is 13.2 Å². The summed E-state index contributed by atoms with van der Waals surface area (Å²) >= 11 is 0. The zero-order valence-corrected chi connectivity index (χ0v) is 12.7. The van der Waals surface area contributed by atoms with Crippen LogP contribution in [0.2, 0.25) is 0 Å². The fourth-order valence-corrected chi connectivity index (χ4v) is 2.29. The van der Waals surface area contributed by atoms with Crippen LogP contribution in [0.1, 0.15) is 19.4 Å². The molecule has 0 aliphatic carbocycles. The largest absolute Gasteiger partial charge is 0.379 e. The molecule has 1 aromatic heterocycles. The molecule has 5 nitrogen and oxygen atoms in total. The van der Waals surface area contributed by atoms with Crippen LogP contribution in [-0.4, -0.2) is 54.2 Å². The third-order valence-electron chi connectivity index (χ3n) is 3.67.